The summed E-state index contributed by atoms with van der Waals surface area (Å²) in [6.45, 7) is 0.333. The van der Waals surface area contributed by atoms with Crippen LogP contribution in [0.2, 0.25) is 0 Å². The van der Waals surface area contributed by atoms with Gasteiger partial charge in [0.2, 0.25) is 0 Å². The second kappa shape index (κ2) is 6.12. The molecule has 0 aliphatic heterocycles. The average molecular weight is 320 g/mol. The van der Waals surface area contributed by atoms with Crippen molar-refractivity contribution in [3.8, 4) is 0 Å². The molecule has 1 fully saturated rings. The topological polar surface area (TPSA) is 59.1 Å². The second-order valence-corrected chi connectivity index (χ2v) is 7.12. The van der Waals surface area contributed by atoms with Crippen LogP contribution in [0, 0.1) is 5.82 Å². The summed E-state index contributed by atoms with van der Waals surface area (Å²) in [5.74, 6) is 0.144. The van der Waals surface area contributed by atoms with Crippen LogP contribution < -0.4 is 5.32 Å². The number of fused-ring (bicyclic) bond motifs is 1. The van der Waals surface area contributed by atoms with E-state index in [0.717, 1.165) is 18.5 Å². The monoisotopic (exact) mass is 320 g/mol. The minimum atomic E-state index is -0.958. The summed E-state index contributed by atoms with van der Waals surface area (Å²) in [4.78, 5) is 16.9. The zero-order valence-electron chi connectivity index (χ0n) is 12.3. The molecule has 3 rings (SSSR count). The predicted molar refractivity (Wildman–Crippen MR) is 84.9 cm³/mol. The molecule has 116 valence electrons. The van der Waals surface area contributed by atoms with Crippen LogP contribution >= 0.6 is 0 Å². The Bertz CT molecular complexity index is 759. The Morgan fingerprint density at radius 1 is 1.41 bits per heavy atom. The van der Waals surface area contributed by atoms with E-state index in [1.807, 2.05) is 0 Å². The summed E-state index contributed by atoms with van der Waals surface area (Å²) in [7, 11) is -0.958. The van der Waals surface area contributed by atoms with Crippen LogP contribution in [0.25, 0.3) is 10.9 Å². The van der Waals surface area contributed by atoms with Gasteiger partial charge in [0.15, 0.2) is 0 Å². The SMILES string of the molecule is C[S@@](=O)CCNC(=O)c1cc(C2CC2)nc2ccc(F)cc12. The Labute approximate surface area is 130 Å². The molecule has 6 heteroatoms. The number of pyridine rings is 1. The molecule has 0 saturated heterocycles. The van der Waals surface area contributed by atoms with Crippen LogP contribution in [0.4, 0.5) is 4.39 Å². The molecular weight excluding hydrogens is 303 g/mol. The van der Waals surface area contributed by atoms with E-state index in [1.54, 1.807) is 18.4 Å². The summed E-state index contributed by atoms with van der Waals surface area (Å²) in [5.41, 5.74) is 1.96. The molecule has 1 heterocycles. The number of hydrogen-bond donors (Lipinski definition) is 1. The van der Waals surface area contributed by atoms with Gasteiger partial charge in [-0.25, -0.2) is 4.39 Å². The lowest BCUT2D eigenvalue weighted by Gasteiger charge is -2.10. The smallest absolute Gasteiger partial charge is 0.252 e. The fourth-order valence-electron chi connectivity index (χ4n) is 2.40. The third kappa shape index (κ3) is 3.32. The molecule has 0 spiro atoms. The van der Waals surface area contributed by atoms with Crippen molar-refractivity contribution in [2.75, 3.05) is 18.6 Å². The van der Waals surface area contributed by atoms with Crippen molar-refractivity contribution >= 4 is 27.6 Å². The molecule has 1 saturated carbocycles. The highest BCUT2D eigenvalue weighted by molar-refractivity contribution is 7.84. The Balaban J connectivity index is 1.96. The first-order valence-corrected chi connectivity index (χ1v) is 8.96. The lowest BCUT2D eigenvalue weighted by Crippen LogP contribution is -2.28. The molecular formula is C16H17FN2O2S. The number of halogens is 1. The van der Waals surface area contributed by atoms with Gasteiger partial charge in [-0.1, -0.05) is 0 Å². The quantitative estimate of drug-likeness (QED) is 0.920. The number of nitrogens with one attached hydrogen (secondary N) is 1. The minimum absolute atomic E-state index is 0.273. The van der Waals surface area contributed by atoms with Crippen LogP contribution in [0.3, 0.4) is 0 Å². The highest BCUT2D eigenvalue weighted by atomic mass is 32.2. The Morgan fingerprint density at radius 3 is 2.86 bits per heavy atom. The summed E-state index contributed by atoms with van der Waals surface area (Å²) >= 11 is 0. The zero-order chi connectivity index (χ0) is 15.7. The summed E-state index contributed by atoms with van der Waals surface area (Å²) in [5, 5.41) is 3.26. The number of amides is 1. The van der Waals surface area contributed by atoms with E-state index in [-0.39, 0.29) is 5.91 Å². The van der Waals surface area contributed by atoms with Crippen LogP contribution in [-0.4, -0.2) is 33.7 Å². The summed E-state index contributed by atoms with van der Waals surface area (Å²) in [6.07, 6.45) is 3.75. The molecule has 0 radical (unpaired) electrons. The lowest BCUT2D eigenvalue weighted by molar-refractivity contribution is 0.0957. The maximum atomic E-state index is 13.5. The van der Waals surface area contributed by atoms with Crippen molar-refractivity contribution in [1.29, 1.82) is 0 Å². The van der Waals surface area contributed by atoms with Crippen molar-refractivity contribution in [3.63, 3.8) is 0 Å². The molecule has 1 aliphatic carbocycles. The molecule has 0 bridgehead atoms. The molecule has 1 atom stereocenters. The van der Waals surface area contributed by atoms with Crippen molar-refractivity contribution in [3.05, 3.63) is 41.3 Å². The second-order valence-electron chi connectivity index (χ2n) is 5.56. The van der Waals surface area contributed by atoms with Crippen molar-refractivity contribution in [2.45, 2.75) is 18.8 Å². The number of aromatic nitrogens is 1. The van der Waals surface area contributed by atoms with Gasteiger partial charge in [0.1, 0.15) is 5.82 Å². The Hall–Kier alpha value is -1.82. The molecule has 1 aromatic carbocycles. The summed E-state index contributed by atoms with van der Waals surface area (Å²) < 4.78 is 24.6. The number of carbonyl (C=O) groups excluding carboxylic acids is 1. The van der Waals surface area contributed by atoms with E-state index in [1.165, 1.54) is 12.1 Å². The van der Waals surface area contributed by atoms with Crippen LogP contribution in [0.5, 0.6) is 0 Å². The largest absolute Gasteiger partial charge is 0.351 e. The third-order valence-corrected chi connectivity index (χ3v) is 4.48. The van der Waals surface area contributed by atoms with E-state index < -0.39 is 16.6 Å². The van der Waals surface area contributed by atoms with Crippen molar-refractivity contribution in [1.82, 2.24) is 10.3 Å². The molecule has 1 amide bonds. The molecule has 22 heavy (non-hydrogen) atoms. The normalized spacial score (nSPS) is 15.7. The van der Waals surface area contributed by atoms with E-state index in [4.69, 9.17) is 0 Å². The van der Waals surface area contributed by atoms with Gasteiger partial charge in [0.25, 0.3) is 5.91 Å². The first kappa shape index (κ1) is 15.1. The highest BCUT2D eigenvalue weighted by Crippen LogP contribution is 2.40. The number of benzene rings is 1. The van der Waals surface area contributed by atoms with E-state index >= 15 is 0 Å². The van der Waals surface area contributed by atoms with Gasteiger partial charge in [0.05, 0.1) is 11.1 Å². The average Bonchev–Trinajstić information content (AvgIpc) is 3.30. The fraction of sp³-hybridized carbons (Fsp3) is 0.375. The van der Waals surface area contributed by atoms with Crippen LogP contribution in [0.1, 0.15) is 34.8 Å². The Morgan fingerprint density at radius 2 is 2.18 bits per heavy atom. The first-order chi connectivity index (χ1) is 10.5. The summed E-state index contributed by atoms with van der Waals surface area (Å²) in [6, 6.07) is 6.06. The zero-order valence-corrected chi connectivity index (χ0v) is 13.1. The first-order valence-electron chi connectivity index (χ1n) is 7.23. The van der Waals surface area contributed by atoms with Crippen molar-refractivity contribution < 1.29 is 13.4 Å². The maximum absolute atomic E-state index is 13.5. The van der Waals surface area contributed by atoms with Crippen LogP contribution in [-0.2, 0) is 10.8 Å². The van der Waals surface area contributed by atoms with E-state index in [0.29, 0.717) is 34.7 Å². The number of rotatable bonds is 5. The Kier molecular flexibility index (Phi) is 4.20. The number of carbonyl (C=O) groups is 1. The lowest BCUT2D eigenvalue weighted by atomic mass is 10.1. The standard InChI is InChI=1S/C16H17FN2O2S/c1-22(21)7-6-18-16(20)13-9-15(10-2-3-10)19-14-5-4-11(17)8-12(13)14/h4-5,8-10H,2-3,6-7H2,1H3,(H,18,20)/t22-/m1/s1. The number of hydrogen-bond acceptors (Lipinski definition) is 3. The van der Waals surface area contributed by atoms with Gasteiger partial charge < -0.3 is 5.32 Å². The van der Waals surface area contributed by atoms with Gasteiger partial charge in [0, 0.05) is 46.4 Å². The molecule has 2 aromatic rings. The van der Waals surface area contributed by atoms with Gasteiger partial charge in [-0.05, 0) is 37.1 Å². The third-order valence-electron chi connectivity index (χ3n) is 3.71. The van der Waals surface area contributed by atoms with Gasteiger partial charge >= 0.3 is 0 Å². The van der Waals surface area contributed by atoms with Gasteiger partial charge in [-0.15, -0.1) is 0 Å². The van der Waals surface area contributed by atoms with E-state index in [2.05, 4.69) is 10.3 Å². The molecule has 0 unspecified atom stereocenters. The number of nitrogens with zero attached hydrogens (tertiary/aromatic N) is 1. The van der Waals surface area contributed by atoms with E-state index in [9.17, 15) is 13.4 Å². The minimum Gasteiger partial charge on any atom is -0.351 e. The van der Waals surface area contributed by atoms with Crippen LogP contribution in [0.15, 0.2) is 24.3 Å². The molecule has 1 N–H and O–H groups in total. The fourth-order valence-corrected chi connectivity index (χ4v) is 2.79. The van der Waals surface area contributed by atoms with Gasteiger partial charge in [-0.2, -0.15) is 0 Å². The molecule has 1 aliphatic rings. The van der Waals surface area contributed by atoms with Gasteiger partial charge in [-0.3, -0.25) is 14.0 Å². The maximum Gasteiger partial charge on any atom is 0.252 e. The molecule has 1 aromatic heterocycles. The van der Waals surface area contributed by atoms with Crippen molar-refractivity contribution in [2.24, 2.45) is 0 Å². The highest BCUT2D eigenvalue weighted by Gasteiger charge is 2.27. The predicted octanol–water partition coefficient (Wildman–Crippen LogP) is 2.36. The molecule has 4 nitrogen and oxygen atoms in total.